The zero-order valence-corrected chi connectivity index (χ0v) is 13.5. The van der Waals surface area contributed by atoms with Crippen molar-refractivity contribution in [3.8, 4) is 11.5 Å². The average Bonchev–Trinajstić information content (AvgIpc) is 2.97. The summed E-state index contributed by atoms with van der Waals surface area (Å²) in [5.74, 6) is 0.0985. The first-order valence-corrected chi connectivity index (χ1v) is 8.78. The molecule has 6 nitrogen and oxygen atoms in total. The Morgan fingerprint density at radius 3 is 2.78 bits per heavy atom. The van der Waals surface area contributed by atoms with E-state index in [-0.39, 0.29) is 0 Å². The van der Waals surface area contributed by atoms with Crippen LogP contribution in [0.25, 0.3) is 11.5 Å². The van der Waals surface area contributed by atoms with E-state index >= 15 is 0 Å². The molecule has 0 bridgehead atoms. The number of carbonyl (C=O) groups is 1. The van der Waals surface area contributed by atoms with Crippen LogP contribution in [0.1, 0.15) is 48.9 Å². The number of hydrogen-bond acceptors (Lipinski definition) is 5. The predicted octanol–water partition coefficient (Wildman–Crippen LogP) is 2.75. The monoisotopic (exact) mass is 330 g/mol. The van der Waals surface area contributed by atoms with Crippen LogP contribution in [0.4, 0.5) is 0 Å². The molecule has 0 spiro atoms. The number of thiazole rings is 1. The van der Waals surface area contributed by atoms with Gasteiger partial charge in [-0.3, -0.25) is 9.79 Å². The van der Waals surface area contributed by atoms with E-state index in [0.29, 0.717) is 17.4 Å². The van der Waals surface area contributed by atoms with E-state index in [1.54, 1.807) is 17.4 Å². The second kappa shape index (κ2) is 5.81. The molecule has 0 aliphatic heterocycles. The third kappa shape index (κ3) is 3.01. The molecule has 23 heavy (non-hydrogen) atoms. The maximum Gasteiger partial charge on any atom is 0.251 e. The molecule has 0 aromatic carbocycles. The van der Waals surface area contributed by atoms with Crippen molar-refractivity contribution in [2.45, 2.75) is 44.6 Å². The minimum atomic E-state index is -0.494. The number of aromatic nitrogens is 1. The summed E-state index contributed by atoms with van der Waals surface area (Å²) in [6, 6.07) is 2.09. The van der Waals surface area contributed by atoms with Gasteiger partial charge in [-0.1, -0.05) is 0 Å². The summed E-state index contributed by atoms with van der Waals surface area (Å²) in [5, 5.41) is 6.78. The normalized spacial score (nSPS) is 18.6. The van der Waals surface area contributed by atoms with Crippen LogP contribution in [0.3, 0.4) is 0 Å². The van der Waals surface area contributed by atoms with Crippen LogP contribution in [-0.2, 0) is 0 Å². The first kappa shape index (κ1) is 14.4. The minimum Gasteiger partial charge on any atom is -0.462 e. The Hall–Kier alpha value is -2.15. The molecule has 4 rings (SSSR count). The van der Waals surface area contributed by atoms with E-state index in [4.69, 9.17) is 20.2 Å². The van der Waals surface area contributed by atoms with Crippen molar-refractivity contribution in [1.29, 1.82) is 0 Å². The van der Waals surface area contributed by atoms with Crippen molar-refractivity contribution < 1.29 is 9.21 Å². The smallest absolute Gasteiger partial charge is 0.251 e. The van der Waals surface area contributed by atoms with Gasteiger partial charge >= 0.3 is 0 Å². The summed E-state index contributed by atoms with van der Waals surface area (Å²) in [6.07, 6.45) is 8.15. The topological polar surface area (TPSA) is 85.9 Å². The number of rotatable bonds is 4. The first-order valence-electron chi connectivity index (χ1n) is 7.90. The third-order valence-electron chi connectivity index (χ3n) is 4.08. The van der Waals surface area contributed by atoms with Gasteiger partial charge in [0, 0.05) is 11.1 Å². The highest BCUT2D eigenvalue weighted by atomic mass is 32.1. The molecule has 7 heteroatoms. The molecular formula is C16H18N4O2S. The molecule has 120 valence electrons. The zero-order chi connectivity index (χ0) is 15.8. The van der Waals surface area contributed by atoms with Crippen LogP contribution in [0.2, 0.25) is 0 Å². The number of primary amides is 1. The van der Waals surface area contributed by atoms with Gasteiger partial charge in [-0.05, 0) is 44.6 Å². The number of nitrogens with zero attached hydrogens (tertiary/aromatic N) is 3. The molecule has 2 aliphatic rings. The van der Waals surface area contributed by atoms with Crippen molar-refractivity contribution in [2.24, 2.45) is 15.8 Å². The Bertz CT molecular complexity index is 830. The van der Waals surface area contributed by atoms with Crippen LogP contribution < -0.4 is 10.5 Å². The van der Waals surface area contributed by atoms with Gasteiger partial charge in [-0.25, -0.2) is 4.68 Å². The highest BCUT2D eigenvalue weighted by Gasteiger charge is 2.22. The van der Waals surface area contributed by atoms with E-state index in [0.717, 1.165) is 36.2 Å². The lowest BCUT2D eigenvalue weighted by atomic mass is 10.3. The number of amides is 1. The Kier molecular flexibility index (Phi) is 3.65. The number of nitrogens with two attached hydrogens (primary N) is 1. The molecule has 2 aromatic heterocycles. The molecular weight excluding hydrogens is 312 g/mol. The molecule has 2 aromatic rings. The van der Waals surface area contributed by atoms with Gasteiger partial charge in [0.05, 0.1) is 11.6 Å². The average molecular weight is 330 g/mol. The van der Waals surface area contributed by atoms with Gasteiger partial charge in [0.25, 0.3) is 5.91 Å². The van der Waals surface area contributed by atoms with Crippen molar-refractivity contribution in [1.82, 2.24) is 4.68 Å². The lowest BCUT2D eigenvalue weighted by molar-refractivity contribution is 0.0999. The second-order valence-corrected chi connectivity index (χ2v) is 6.85. The van der Waals surface area contributed by atoms with Crippen LogP contribution in [0.5, 0.6) is 0 Å². The summed E-state index contributed by atoms with van der Waals surface area (Å²) in [4.78, 5) is 16.9. The van der Waals surface area contributed by atoms with Gasteiger partial charge < -0.3 is 10.2 Å². The van der Waals surface area contributed by atoms with E-state index in [9.17, 15) is 4.79 Å². The SMILES string of the molecule is NC(=O)c1coc(-c2csc(=NC3CC3)n2N=C2CCCC2)c1. The van der Waals surface area contributed by atoms with E-state index in [2.05, 4.69) is 0 Å². The Morgan fingerprint density at radius 2 is 2.13 bits per heavy atom. The summed E-state index contributed by atoms with van der Waals surface area (Å²) in [7, 11) is 0. The van der Waals surface area contributed by atoms with Crippen molar-refractivity contribution in [2.75, 3.05) is 0 Å². The number of furan rings is 1. The van der Waals surface area contributed by atoms with Gasteiger partial charge in [0.1, 0.15) is 12.0 Å². The Labute approximate surface area is 137 Å². The van der Waals surface area contributed by atoms with Crippen LogP contribution in [0, 0.1) is 0 Å². The molecule has 0 saturated heterocycles. The highest BCUT2D eigenvalue weighted by molar-refractivity contribution is 7.07. The molecule has 0 atom stereocenters. The standard InChI is InChI=1S/C16H18N4O2S/c17-15(21)10-7-14(22-8-10)13-9-23-16(18-11-5-6-11)20(13)19-12-3-1-2-4-12/h7-9,11H,1-6H2,(H2,17,21). The van der Waals surface area contributed by atoms with Gasteiger partial charge in [0.15, 0.2) is 5.76 Å². The minimum absolute atomic E-state index is 0.368. The molecule has 0 radical (unpaired) electrons. The fraction of sp³-hybridized carbons (Fsp3) is 0.438. The maximum absolute atomic E-state index is 11.3. The fourth-order valence-electron chi connectivity index (χ4n) is 2.64. The summed E-state index contributed by atoms with van der Waals surface area (Å²) >= 11 is 1.55. The summed E-state index contributed by atoms with van der Waals surface area (Å²) in [6.45, 7) is 0. The quantitative estimate of drug-likeness (QED) is 0.934. The van der Waals surface area contributed by atoms with Gasteiger partial charge in [0.2, 0.25) is 4.80 Å². The van der Waals surface area contributed by atoms with Crippen LogP contribution in [0.15, 0.2) is 32.2 Å². The van der Waals surface area contributed by atoms with Gasteiger partial charge in [-0.15, -0.1) is 11.3 Å². The highest BCUT2D eigenvalue weighted by Crippen LogP contribution is 2.26. The third-order valence-corrected chi connectivity index (χ3v) is 4.91. The van der Waals surface area contributed by atoms with Crippen molar-refractivity contribution in [3.05, 3.63) is 28.1 Å². The molecule has 2 aliphatic carbocycles. The van der Waals surface area contributed by atoms with Crippen LogP contribution in [-0.4, -0.2) is 22.3 Å². The number of carbonyl (C=O) groups excluding carboxylic acids is 1. The maximum atomic E-state index is 11.3. The van der Waals surface area contributed by atoms with Crippen LogP contribution >= 0.6 is 11.3 Å². The fourth-order valence-corrected chi connectivity index (χ4v) is 3.52. The van der Waals surface area contributed by atoms with Gasteiger partial charge in [-0.2, -0.15) is 5.10 Å². The zero-order valence-electron chi connectivity index (χ0n) is 12.7. The second-order valence-electron chi connectivity index (χ2n) is 6.01. The lowest BCUT2D eigenvalue weighted by Crippen LogP contribution is -2.14. The summed E-state index contributed by atoms with van der Waals surface area (Å²) < 4.78 is 7.39. The Balaban J connectivity index is 1.80. The Morgan fingerprint density at radius 1 is 1.35 bits per heavy atom. The van der Waals surface area contributed by atoms with Crippen molar-refractivity contribution in [3.63, 3.8) is 0 Å². The molecule has 1 amide bonds. The van der Waals surface area contributed by atoms with E-state index in [1.165, 1.54) is 24.8 Å². The molecule has 2 saturated carbocycles. The predicted molar refractivity (Wildman–Crippen MR) is 88.4 cm³/mol. The number of hydrogen-bond donors (Lipinski definition) is 1. The molecule has 2 fully saturated rings. The largest absolute Gasteiger partial charge is 0.462 e. The first-order chi connectivity index (χ1) is 11.2. The summed E-state index contributed by atoms with van der Waals surface area (Å²) in [5.41, 5.74) is 7.69. The molecule has 0 unspecified atom stereocenters. The lowest BCUT2D eigenvalue weighted by Gasteiger charge is -2.02. The molecule has 2 N–H and O–H groups in total. The molecule has 2 heterocycles. The van der Waals surface area contributed by atoms with E-state index in [1.807, 2.05) is 10.1 Å². The van der Waals surface area contributed by atoms with E-state index < -0.39 is 5.91 Å². The van der Waals surface area contributed by atoms with Crippen molar-refractivity contribution >= 4 is 23.0 Å².